The summed E-state index contributed by atoms with van der Waals surface area (Å²) in [5.41, 5.74) is 1.95. The second-order valence-corrected chi connectivity index (χ2v) is 9.59. The number of hydrogen-bond donors (Lipinski definition) is 1. The molecule has 154 valence electrons. The Morgan fingerprint density at radius 1 is 1.07 bits per heavy atom. The predicted molar refractivity (Wildman–Crippen MR) is 109 cm³/mol. The van der Waals surface area contributed by atoms with Gasteiger partial charge in [0.25, 0.3) is 5.56 Å². The molecule has 1 atom stereocenters. The summed E-state index contributed by atoms with van der Waals surface area (Å²) >= 11 is 0. The van der Waals surface area contributed by atoms with Crippen LogP contribution in [0, 0.1) is 0 Å². The predicted octanol–water partition coefficient (Wildman–Crippen LogP) is 1.83. The number of amides is 1. The van der Waals surface area contributed by atoms with Gasteiger partial charge in [-0.1, -0.05) is 24.3 Å². The summed E-state index contributed by atoms with van der Waals surface area (Å²) < 4.78 is 28.1. The van der Waals surface area contributed by atoms with Gasteiger partial charge in [0.05, 0.1) is 10.9 Å². The van der Waals surface area contributed by atoms with Crippen molar-refractivity contribution in [2.45, 2.75) is 49.6 Å². The van der Waals surface area contributed by atoms with Gasteiger partial charge in [-0.05, 0) is 49.3 Å². The van der Waals surface area contributed by atoms with Gasteiger partial charge < -0.3 is 9.88 Å². The van der Waals surface area contributed by atoms with Crippen molar-refractivity contribution in [1.82, 2.24) is 14.2 Å². The van der Waals surface area contributed by atoms with E-state index in [-0.39, 0.29) is 23.4 Å². The van der Waals surface area contributed by atoms with E-state index in [9.17, 15) is 18.0 Å². The molecule has 0 bridgehead atoms. The highest BCUT2D eigenvalue weighted by atomic mass is 32.2. The molecule has 1 aromatic carbocycles. The van der Waals surface area contributed by atoms with E-state index in [1.807, 2.05) is 18.2 Å². The lowest BCUT2D eigenvalue weighted by molar-refractivity contribution is -0.122. The highest BCUT2D eigenvalue weighted by molar-refractivity contribution is 7.89. The molecule has 1 aliphatic carbocycles. The number of rotatable bonds is 5. The van der Waals surface area contributed by atoms with Crippen molar-refractivity contribution in [3.8, 4) is 0 Å². The molecule has 1 fully saturated rings. The van der Waals surface area contributed by atoms with Crippen LogP contribution in [0.5, 0.6) is 0 Å². The van der Waals surface area contributed by atoms with E-state index in [4.69, 9.17) is 0 Å². The molecule has 1 unspecified atom stereocenters. The minimum atomic E-state index is -3.64. The minimum absolute atomic E-state index is 0.0508. The second-order valence-electron chi connectivity index (χ2n) is 7.65. The van der Waals surface area contributed by atoms with E-state index in [0.717, 1.165) is 37.7 Å². The highest BCUT2D eigenvalue weighted by Gasteiger charge is 2.28. The van der Waals surface area contributed by atoms with Gasteiger partial charge >= 0.3 is 0 Å². The minimum Gasteiger partial charge on any atom is -0.348 e. The normalized spacial score (nSPS) is 19.7. The number of carbonyl (C=O) groups is 1. The Hall–Kier alpha value is -2.45. The van der Waals surface area contributed by atoms with Crippen LogP contribution >= 0.6 is 0 Å². The molecule has 2 aromatic rings. The molecule has 2 aliphatic rings. The summed E-state index contributed by atoms with van der Waals surface area (Å²) in [6.07, 6.45) is 5.80. The molecule has 0 saturated carbocycles. The van der Waals surface area contributed by atoms with Crippen molar-refractivity contribution in [2.24, 2.45) is 0 Å². The molecule has 1 saturated heterocycles. The molecule has 7 nitrogen and oxygen atoms in total. The molecule has 1 amide bonds. The average molecular weight is 416 g/mol. The summed E-state index contributed by atoms with van der Waals surface area (Å²) in [4.78, 5) is 24.9. The third kappa shape index (κ3) is 4.13. The van der Waals surface area contributed by atoms with Crippen LogP contribution in [-0.2, 0) is 27.8 Å². The van der Waals surface area contributed by atoms with Crippen molar-refractivity contribution in [3.05, 3.63) is 64.1 Å². The fraction of sp³-hybridized carbons (Fsp3) is 0.429. The Bertz CT molecular complexity index is 1070. The molecule has 2 heterocycles. The van der Waals surface area contributed by atoms with E-state index in [2.05, 4.69) is 11.4 Å². The molecule has 8 heteroatoms. The van der Waals surface area contributed by atoms with Gasteiger partial charge in [-0.25, -0.2) is 8.42 Å². The first-order valence-electron chi connectivity index (χ1n) is 10.0. The number of benzene rings is 1. The summed E-state index contributed by atoms with van der Waals surface area (Å²) in [6.45, 7) is 0.771. The lowest BCUT2D eigenvalue weighted by atomic mass is 9.88. The Morgan fingerprint density at radius 2 is 1.83 bits per heavy atom. The van der Waals surface area contributed by atoms with Crippen LogP contribution in [0.15, 0.2) is 52.3 Å². The first-order chi connectivity index (χ1) is 13.9. The molecule has 1 aromatic heterocycles. The zero-order chi connectivity index (χ0) is 20.4. The lowest BCUT2D eigenvalue weighted by Gasteiger charge is -2.26. The van der Waals surface area contributed by atoms with E-state index in [1.54, 1.807) is 0 Å². The van der Waals surface area contributed by atoms with E-state index in [1.165, 1.54) is 32.8 Å². The maximum Gasteiger partial charge on any atom is 0.251 e. The maximum absolute atomic E-state index is 12.7. The largest absolute Gasteiger partial charge is 0.348 e. The van der Waals surface area contributed by atoms with Crippen molar-refractivity contribution in [1.29, 1.82) is 0 Å². The molecule has 0 radical (unpaired) electrons. The Labute approximate surface area is 170 Å². The van der Waals surface area contributed by atoms with Crippen LogP contribution in [-0.4, -0.2) is 36.3 Å². The zero-order valence-corrected chi connectivity index (χ0v) is 17.0. The van der Waals surface area contributed by atoms with Crippen LogP contribution in [0.2, 0.25) is 0 Å². The molecule has 0 spiro atoms. The van der Waals surface area contributed by atoms with Gasteiger partial charge in [-0.3, -0.25) is 9.59 Å². The summed E-state index contributed by atoms with van der Waals surface area (Å²) in [7, 11) is -3.64. The van der Waals surface area contributed by atoms with Gasteiger partial charge in [0.15, 0.2) is 0 Å². The molecular weight excluding hydrogens is 390 g/mol. The summed E-state index contributed by atoms with van der Waals surface area (Å²) in [5.74, 6) is -0.301. The monoisotopic (exact) mass is 415 g/mol. The quantitative estimate of drug-likeness (QED) is 0.807. The zero-order valence-electron chi connectivity index (χ0n) is 16.2. The molecular formula is C21H25N3O4S. The second kappa shape index (κ2) is 8.12. The standard InChI is InChI=1S/C21H25N3O4S/c25-20(22-19-9-5-7-16-6-1-2-8-18(16)19)15-23-14-17(10-11-21(23)26)29(27,28)24-12-3-4-13-24/h1-2,6,8,10-11,14,19H,3-5,7,9,12-13,15H2,(H,22,25). The highest BCUT2D eigenvalue weighted by Crippen LogP contribution is 2.29. The molecule has 1 N–H and O–H groups in total. The number of nitrogens with zero attached hydrogens (tertiary/aromatic N) is 2. The lowest BCUT2D eigenvalue weighted by Crippen LogP contribution is -2.36. The molecule has 1 aliphatic heterocycles. The van der Waals surface area contributed by atoms with Crippen molar-refractivity contribution >= 4 is 15.9 Å². The van der Waals surface area contributed by atoms with Gasteiger partial charge in [0.1, 0.15) is 6.54 Å². The first-order valence-corrected chi connectivity index (χ1v) is 11.5. The number of hydrogen-bond acceptors (Lipinski definition) is 4. The number of carbonyl (C=O) groups excluding carboxylic acids is 1. The molecule has 4 rings (SSSR count). The average Bonchev–Trinajstić information content (AvgIpc) is 3.26. The van der Waals surface area contributed by atoms with Crippen LogP contribution in [0.3, 0.4) is 0 Å². The number of aromatic nitrogens is 1. The van der Waals surface area contributed by atoms with E-state index < -0.39 is 15.6 Å². The molecule has 29 heavy (non-hydrogen) atoms. The third-order valence-electron chi connectivity index (χ3n) is 5.68. The smallest absolute Gasteiger partial charge is 0.251 e. The van der Waals surface area contributed by atoms with E-state index in [0.29, 0.717) is 13.1 Å². The van der Waals surface area contributed by atoms with Gasteiger partial charge in [-0.2, -0.15) is 4.31 Å². The topological polar surface area (TPSA) is 88.5 Å². The first kappa shape index (κ1) is 19.8. The van der Waals surface area contributed by atoms with Crippen molar-refractivity contribution in [2.75, 3.05) is 13.1 Å². The van der Waals surface area contributed by atoms with Crippen LogP contribution in [0.1, 0.15) is 42.9 Å². The van der Waals surface area contributed by atoms with Gasteiger partial charge in [0.2, 0.25) is 15.9 Å². The Morgan fingerprint density at radius 3 is 2.62 bits per heavy atom. The third-order valence-corrected chi connectivity index (χ3v) is 7.56. The summed E-state index contributed by atoms with van der Waals surface area (Å²) in [6, 6.07) is 10.5. The van der Waals surface area contributed by atoms with E-state index >= 15 is 0 Å². The Kier molecular flexibility index (Phi) is 5.56. The summed E-state index contributed by atoms with van der Waals surface area (Å²) in [5, 5.41) is 3.01. The van der Waals surface area contributed by atoms with Gasteiger partial charge in [-0.15, -0.1) is 0 Å². The van der Waals surface area contributed by atoms with Crippen LogP contribution in [0.25, 0.3) is 0 Å². The fourth-order valence-corrected chi connectivity index (χ4v) is 5.70. The maximum atomic E-state index is 12.7. The number of sulfonamides is 1. The number of nitrogens with one attached hydrogen (secondary N) is 1. The van der Waals surface area contributed by atoms with Crippen molar-refractivity contribution < 1.29 is 13.2 Å². The number of fused-ring (bicyclic) bond motifs is 1. The van der Waals surface area contributed by atoms with Crippen LogP contribution < -0.4 is 10.9 Å². The number of pyridine rings is 1. The van der Waals surface area contributed by atoms with Crippen molar-refractivity contribution in [3.63, 3.8) is 0 Å². The van der Waals surface area contributed by atoms with Crippen LogP contribution in [0.4, 0.5) is 0 Å². The Balaban J connectivity index is 1.51. The SMILES string of the molecule is O=C(Cn1cc(S(=O)(=O)N2CCCC2)ccc1=O)NC1CCCc2ccccc21. The fourth-order valence-electron chi connectivity index (χ4n) is 4.16. The van der Waals surface area contributed by atoms with Gasteiger partial charge in [0, 0.05) is 25.4 Å². The number of aryl methyl sites for hydroxylation is 1.